The summed E-state index contributed by atoms with van der Waals surface area (Å²) in [7, 11) is 0. The lowest BCUT2D eigenvalue weighted by Gasteiger charge is -2.48. The molecule has 2 aliphatic heterocycles. The zero-order valence-electron chi connectivity index (χ0n) is 12.5. The molecule has 0 amide bonds. The lowest BCUT2D eigenvalue weighted by atomic mass is 9.61. The molecule has 0 aromatic rings. The summed E-state index contributed by atoms with van der Waals surface area (Å²) in [6, 6.07) is 0. The molecule has 1 saturated carbocycles. The van der Waals surface area contributed by atoms with Crippen LogP contribution in [0.5, 0.6) is 0 Å². The quantitative estimate of drug-likeness (QED) is 0.407. The highest BCUT2D eigenvalue weighted by Gasteiger charge is 2.52. The highest BCUT2D eigenvalue weighted by atomic mass is 17.0. The molecule has 3 fully saturated rings. The summed E-state index contributed by atoms with van der Waals surface area (Å²) < 4.78 is 11.6. The molecular weight excluding hydrogens is 260 g/mol. The van der Waals surface area contributed by atoms with Gasteiger partial charge in [0.15, 0.2) is 0 Å². The van der Waals surface area contributed by atoms with E-state index in [0.29, 0.717) is 17.8 Å². The Bertz CT molecular complexity index is 345. The van der Waals surface area contributed by atoms with Crippen LogP contribution in [0.2, 0.25) is 0 Å². The van der Waals surface area contributed by atoms with Crippen molar-refractivity contribution in [3.05, 3.63) is 0 Å². The second-order valence-corrected chi connectivity index (χ2v) is 6.58. The van der Waals surface area contributed by atoms with Crippen molar-refractivity contribution in [1.82, 2.24) is 0 Å². The molecule has 0 aromatic heterocycles. The lowest BCUT2D eigenvalue weighted by Crippen LogP contribution is -2.51. The van der Waals surface area contributed by atoms with Gasteiger partial charge in [0.25, 0.3) is 0 Å². The molecule has 2 saturated heterocycles. The molecular formula is C15H26O5. The van der Waals surface area contributed by atoms with E-state index in [0.717, 1.165) is 18.8 Å². The molecule has 3 rings (SSSR count). The standard InChI is InChI=1S/C15H24O3.H2O2/c1-8-4-6-12-10(3)14(16)18-15-13(12)11(8)7-5-9(2)17-15;1-2/h8-13,15H,4-7H2,1-3H3;1-2H/t8-,9?,10?,11+,12+,13?,15+;/m1./s1. The first kappa shape index (κ1) is 15.7. The van der Waals surface area contributed by atoms with Gasteiger partial charge in [0.05, 0.1) is 12.0 Å². The van der Waals surface area contributed by atoms with Crippen molar-refractivity contribution in [3.8, 4) is 0 Å². The maximum absolute atomic E-state index is 11.9. The van der Waals surface area contributed by atoms with Crippen LogP contribution in [-0.2, 0) is 14.3 Å². The van der Waals surface area contributed by atoms with Crippen LogP contribution in [0.1, 0.15) is 46.5 Å². The van der Waals surface area contributed by atoms with Crippen LogP contribution in [-0.4, -0.2) is 28.9 Å². The summed E-state index contributed by atoms with van der Waals surface area (Å²) in [5.41, 5.74) is 0. The molecule has 3 aliphatic rings. The minimum Gasteiger partial charge on any atom is -0.435 e. The van der Waals surface area contributed by atoms with Crippen LogP contribution >= 0.6 is 0 Å². The van der Waals surface area contributed by atoms with Gasteiger partial charge in [0, 0.05) is 5.92 Å². The molecule has 0 spiro atoms. The number of hydrogen-bond acceptors (Lipinski definition) is 5. The van der Waals surface area contributed by atoms with Gasteiger partial charge in [-0.05, 0) is 43.9 Å². The monoisotopic (exact) mass is 286 g/mol. The average Bonchev–Trinajstić information content (AvgIpc) is 2.60. The van der Waals surface area contributed by atoms with Crippen LogP contribution in [0.4, 0.5) is 0 Å². The summed E-state index contributed by atoms with van der Waals surface area (Å²) >= 11 is 0. The Balaban J connectivity index is 0.000000704. The zero-order valence-corrected chi connectivity index (χ0v) is 12.5. The number of carbonyl (C=O) groups is 1. The Labute approximate surface area is 120 Å². The maximum Gasteiger partial charge on any atom is 0.311 e. The van der Waals surface area contributed by atoms with Crippen molar-refractivity contribution in [2.24, 2.45) is 29.6 Å². The van der Waals surface area contributed by atoms with Crippen molar-refractivity contribution in [2.75, 3.05) is 0 Å². The molecule has 116 valence electrons. The molecule has 7 atom stereocenters. The molecule has 3 unspecified atom stereocenters. The predicted molar refractivity (Wildman–Crippen MR) is 73.0 cm³/mol. The summed E-state index contributed by atoms with van der Waals surface area (Å²) in [6.07, 6.45) is 4.68. The maximum atomic E-state index is 11.9. The van der Waals surface area contributed by atoms with Gasteiger partial charge in [-0.25, -0.2) is 0 Å². The van der Waals surface area contributed by atoms with E-state index in [4.69, 9.17) is 20.0 Å². The number of ether oxygens (including phenoxy) is 2. The number of esters is 1. The second kappa shape index (κ2) is 6.41. The van der Waals surface area contributed by atoms with E-state index in [1.54, 1.807) is 0 Å². The Morgan fingerprint density at radius 2 is 1.65 bits per heavy atom. The summed E-state index contributed by atoms with van der Waals surface area (Å²) in [4.78, 5) is 11.9. The molecule has 2 N–H and O–H groups in total. The van der Waals surface area contributed by atoms with Gasteiger partial charge in [-0.15, -0.1) is 0 Å². The summed E-state index contributed by atoms with van der Waals surface area (Å²) in [5.74, 6) is 2.33. The van der Waals surface area contributed by atoms with Gasteiger partial charge >= 0.3 is 5.97 Å². The normalized spacial score (nSPS) is 47.2. The van der Waals surface area contributed by atoms with Crippen LogP contribution < -0.4 is 0 Å². The van der Waals surface area contributed by atoms with Crippen LogP contribution in [0.25, 0.3) is 0 Å². The van der Waals surface area contributed by atoms with Crippen molar-refractivity contribution in [3.63, 3.8) is 0 Å². The fraction of sp³-hybridized carbons (Fsp3) is 0.933. The molecule has 1 aliphatic carbocycles. The Morgan fingerprint density at radius 1 is 1.00 bits per heavy atom. The summed E-state index contributed by atoms with van der Waals surface area (Å²) in [6.45, 7) is 6.49. The largest absolute Gasteiger partial charge is 0.435 e. The van der Waals surface area contributed by atoms with E-state index in [1.165, 1.54) is 12.8 Å². The van der Waals surface area contributed by atoms with Crippen molar-refractivity contribution in [1.29, 1.82) is 0 Å². The molecule has 2 heterocycles. The van der Waals surface area contributed by atoms with Crippen molar-refractivity contribution >= 4 is 5.97 Å². The van der Waals surface area contributed by atoms with E-state index in [1.807, 2.05) is 6.92 Å². The minimum absolute atomic E-state index is 0.0522. The van der Waals surface area contributed by atoms with E-state index in [9.17, 15) is 4.79 Å². The first-order valence-corrected chi connectivity index (χ1v) is 7.64. The van der Waals surface area contributed by atoms with Crippen molar-refractivity contribution < 1.29 is 24.8 Å². The third-order valence-corrected chi connectivity index (χ3v) is 5.51. The smallest absolute Gasteiger partial charge is 0.311 e. The van der Waals surface area contributed by atoms with E-state index >= 15 is 0 Å². The minimum atomic E-state index is -0.274. The molecule has 0 radical (unpaired) electrons. The Morgan fingerprint density at radius 3 is 2.35 bits per heavy atom. The molecule has 5 heteroatoms. The highest BCUT2D eigenvalue weighted by molar-refractivity contribution is 5.73. The number of carbonyl (C=O) groups excluding carboxylic acids is 1. The van der Waals surface area contributed by atoms with Gasteiger partial charge in [-0.1, -0.05) is 20.3 Å². The fourth-order valence-electron chi connectivity index (χ4n) is 4.34. The molecule has 0 aromatic carbocycles. The Kier molecular flexibility index (Phi) is 5.04. The van der Waals surface area contributed by atoms with Gasteiger partial charge in [-0.3, -0.25) is 15.3 Å². The van der Waals surface area contributed by atoms with E-state index in [2.05, 4.69) is 13.8 Å². The second-order valence-electron chi connectivity index (χ2n) is 6.58. The Hall–Kier alpha value is -0.650. The van der Waals surface area contributed by atoms with Crippen LogP contribution in [0, 0.1) is 29.6 Å². The fourth-order valence-corrected chi connectivity index (χ4v) is 4.34. The lowest BCUT2D eigenvalue weighted by molar-refractivity contribution is -0.240. The van der Waals surface area contributed by atoms with Gasteiger partial charge in [0.1, 0.15) is 0 Å². The van der Waals surface area contributed by atoms with Gasteiger partial charge in [0.2, 0.25) is 6.29 Å². The SMILES string of the molecule is CC1CC[C@@H]2C3[C@H](OC(=O)C(C)[C@@H]3CC[C@H]2C)O1.OO. The number of rotatable bonds is 0. The molecule has 5 nitrogen and oxygen atoms in total. The topological polar surface area (TPSA) is 76.0 Å². The number of hydrogen-bond donors (Lipinski definition) is 2. The average molecular weight is 286 g/mol. The van der Waals surface area contributed by atoms with Crippen molar-refractivity contribution in [2.45, 2.75) is 58.8 Å². The first-order chi connectivity index (χ1) is 9.58. The van der Waals surface area contributed by atoms with E-state index < -0.39 is 0 Å². The van der Waals surface area contributed by atoms with Crippen LogP contribution in [0.3, 0.4) is 0 Å². The van der Waals surface area contributed by atoms with E-state index in [-0.39, 0.29) is 24.3 Å². The molecule has 0 bridgehead atoms. The predicted octanol–water partition coefficient (Wildman–Crippen LogP) is 3.00. The summed E-state index contributed by atoms with van der Waals surface area (Å²) in [5, 5.41) is 12.0. The van der Waals surface area contributed by atoms with Gasteiger partial charge in [-0.2, -0.15) is 0 Å². The first-order valence-electron chi connectivity index (χ1n) is 7.64. The third kappa shape index (κ3) is 2.71. The third-order valence-electron chi connectivity index (χ3n) is 5.51. The van der Waals surface area contributed by atoms with Gasteiger partial charge < -0.3 is 9.47 Å². The zero-order chi connectivity index (χ0) is 14.9. The highest BCUT2D eigenvalue weighted by Crippen LogP contribution is 2.50. The molecule has 20 heavy (non-hydrogen) atoms. The van der Waals surface area contributed by atoms with Crippen LogP contribution in [0.15, 0.2) is 0 Å².